The average molecular weight is 775 g/mol. The SMILES string of the molecule is O=C1CC/C=C\CN(c2ccc(Cl)cc2)C(=O)[C@H]2N([C@@H](CO)Cc3ccccc3)C(=O)[C@@H]3[C@@H](C(=O)O[C@@H](c4ccccc4)CN1)[C@@H]1O[C@@]32C=C1Br. The summed E-state index contributed by atoms with van der Waals surface area (Å²) in [7, 11) is 0. The highest BCUT2D eigenvalue weighted by Gasteiger charge is 2.75. The Kier molecular flexibility index (Phi) is 10.2. The number of ether oxygens (including phenoxy) is 2. The summed E-state index contributed by atoms with van der Waals surface area (Å²) in [5.41, 5.74) is 0.511. The summed E-state index contributed by atoms with van der Waals surface area (Å²) in [5, 5.41) is 14.3. The summed E-state index contributed by atoms with van der Waals surface area (Å²) < 4.78 is 13.4. The lowest BCUT2D eigenvalue weighted by Crippen LogP contribution is -2.59. The smallest absolute Gasteiger partial charge is 0.313 e. The molecule has 2 fully saturated rings. The summed E-state index contributed by atoms with van der Waals surface area (Å²) >= 11 is 9.83. The van der Waals surface area contributed by atoms with Gasteiger partial charge in [0.05, 0.1) is 25.1 Å². The van der Waals surface area contributed by atoms with Crippen LogP contribution in [-0.2, 0) is 35.1 Å². The average Bonchev–Trinajstić information content (AvgIpc) is 3.74. The second-order valence-corrected chi connectivity index (χ2v) is 14.5. The van der Waals surface area contributed by atoms with Crippen molar-refractivity contribution in [3.05, 3.63) is 124 Å². The molecule has 7 rings (SSSR count). The van der Waals surface area contributed by atoms with E-state index in [-0.39, 0.29) is 31.8 Å². The molecule has 2 N–H and O–H groups in total. The highest BCUT2D eigenvalue weighted by molar-refractivity contribution is 9.11. The number of likely N-dealkylation sites (tertiary alicyclic amines) is 1. The number of anilines is 1. The molecule has 0 saturated carbocycles. The Bertz CT molecular complexity index is 1860. The van der Waals surface area contributed by atoms with E-state index in [4.69, 9.17) is 21.1 Å². The third-order valence-corrected chi connectivity index (χ3v) is 11.0. The molecule has 51 heavy (non-hydrogen) atoms. The molecular formula is C39H37BrClN3O7. The summed E-state index contributed by atoms with van der Waals surface area (Å²) in [5.74, 6) is -4.10. The van der Waals surface area contributed by atoms with Crippen LogP contribution in [0.1, 0.15) is 30.1 Å². The first kappa shape index (κ1) is 35.1. The molecule has 1 spiro atoms. The molecule has 7 atom stereocenters. The molecule has 0 unspecified atom stereocenters. The number of allylic oxidation sites excluding steroid dienone is 1. The van der Waals surface area contributed by atoms with Crippen LogP contribution in [-0.4, -0.2) is 77.2 Å². The molecule has 2 saturated heterocycles. The molecule has 5 bridgehead atoms. The van der Waals surface area contributed by atoms with Crippen LogP contribution >= 0.6 is 27.5 Å². The van der Waals surface area contributed by atoms with Crippen LogP contribution in [0.2, 0.25) is 5.02 Å². The van der Waals surface area contributed by atoms with Crippen LogP contribution in [0.4, 0.5) is 5.69 Å². The number of hydrogen-bond donors (Lipinski definition) is 2. The molecule has 264 valence electrons. The third-order valence-electron chi connectivity index (χ3n) is 10.1. The quantitative estimate of drug-likeness (QED) is 0.270. The van der Waals surface area contributed by atoms with E-state index < -0.39 is 66.1 Å². The Morgan fingerprint density at radius 2 is 1.65 bits per heavy atom. The minimum absolute atomic E-state index is 0.0263. The zero-order valence-corrected chi connectivity index (χ0v) is 29.9. The maximum absolute atomic E-state index is 15.2. The number of benzene rings is 3. The lowest BCUT2D eigenvalue weighted by atomic mass is 9.74. The zero-order valence-electron chi connectivity index (χ0n) is 27.6. The van der Waals surface area contributed by atoms with Crippen LogP contribution in [0.25, 0.3) is 0 Å². The largest absolute Gasteiger partial charge is 0.455 e. The Hall–Kier alpha value is -4.29. The van der Waals surface area contributed by atoms with Crippen LogP contribution in [0, 0.1) is 11.8 Å². The maximum Gasteiger partial charge on any atom is 0.313 e. The molecule has 3 aromatic carbocycles. The van der Waals surface area contributed by atoms with Crippen molar-refractivity contribution >= 4 is 56.9 Å². The Labute approximate surface area is 309 Å². The number of carbonyl (C=O) groups is 4. The minimum Gasteiger partial charge on any atom is -0.455 e. The number of aliphatic hydroxyl groups is 1. The van der Waals surface area contributed by atoms with Gasteiger partial charge in [-0.1, -0.05) is 100 Å². The number of halogens is 2. The topological polar surface area (TPSA) is 125 Å². The molecule has 3 aromatic rings. The van der Waals surface area contributed by atoms with Gasteiger partial charge in [-0.3, -0.25) is 19.2 Å². The van der Waals surface area contributed by atoms with Gasteiger partial charge in [0.2, 0.25) is 11.8 Å². The van der Waals surface area contributed by atoms with Gasteiger partial charge in [-0.25, -0.2) is 0 Å². The Morgan fingerprint density at radius 3 is 2.35 bits per heavy atom. The molecule has 4 aliphatic rings. The second kappa shape index (κ2) is 14.7. The first-order valence-corrected chi connectivity index (χ1v) is 18.2. The molecule has 4 aliphatic heterocycles. The first-order chi connectivity index (χ1) is 24.7. The second-order valence-electron chi connectivity index (χ2n) is 13.2. The van der Waals surface area contributed by atoms with Gasteiger partial charge in [-0.2, -0.15) is 0 Å². The monoisotopic (exact) mass is 773 g/mol. The van der Waals surface area contributed by atoms with Crippen LogP contribution in [0.15, 0.2) is 108 Å². The number of amides is 3. The van der Waals surface area contributed by atoms with Gasteiger partial charge in [0.1, 0.15) is 29.8 Å². The number of rotatable bonds is 6. The Balaban J connectivity index is 1.36. The zero-order chi connectivity index (χ0) is 35.7. The van der Waals surface area contributed by atoms with E-state index in [2.05, 4.69) is 21.2 Å². The molecule has 12 heteroatoms. The van der Waals surface area contributed by atoms with Gasteiger partial charge in [-0.15, -0.1) is 0 Å². The summed E-state index contributed by atoms with van der Waals surface area (Å²) in [6, 6.07) is 23.2. The Morgan fingerprint density at radius 1 is 0.941 bits per heavy atom. The predicted octanol–water partition coefficient (Wildman–Crippen LogP) is 4.90. The fourth-order valence-corrected chi connectivity index (χ4v) is 8.61. The van der Waals surface area contributed by atoms with Gasteiger partial charge in [-0.05, 0) is 54.3 Å². The fraction of sp³-hybridized carbons (Fsp3) is 0.333. The number of carbonyl (C=O) groups excluding carboxylic acids is 4. The van der Waals surface area contributed by atoms with E-state index in [1.165, 1.54) is 4.90 Å². The van der Waals surface area contributed by atoms with Crippen molar-refractivity contribution in [3.63, 3.8) is 0 Å². The minimum atomic E-state index is -1.55. The number of hydrogen-bond acceptors (Lipinski definition) is 7. The van der Waals surface area contributed by atoms with Gasteiger partial charge >= 0.3 is 5.97 Å². The van der Waals surface area contributed by atoms with Crippen molar-refractivity contribution < 1.29 is 33.8 Å². The molecule has 3 amide bonds. The van der Waals surface area contributed by atoms with Gasteiger partial charge in [0.15, 0.2) is 0 Å². The normalized spacial score (nSPS) is 29.3. The molecule has 0 aliphatic carbocycles. The van der Waals surface area contributed by atoms with E-state index in [9.17, 15) is 19.5 Å². The number of nitrogens with zero attached hydrogens (tertiary/aromatic N) is 2. The summed E-state index contributed by atoms with van der Waals surface area (Å²) in [6.07, 6.45) is 4.48. The van der Waals surface area contributed by atoms with E-state index in [0.717, 1.165) is 5.56 Å². The van der Waals surface area contributed by atoms with Crippen LogP contribution in [0.3, 0.4) is 0 Å². The molecule has 4 heterocycles. The predicted molar refractivity (Wildman–Crippen MR) is 194 cm³/mol. The number of aliphatic hydroxyl groups excluding tert-OH is 1. The number of nitrogens with one attached hydrogen (secondary N) is 1. The lowest BCUT2D eigenvalue weighted by molar-refractivity contribution is -0.160. The fourth-order valence-electron chi connectivity index (χ4n) is 7.75. The van der Waals surface area contributed by atoms with E-state index >= 15 is 4.79 Å². The molecule has 10 nitrogen and oxygen atoms in total. The number of esters is 1. The van der Waals surface area contributed by atoms with Gasteiger partial charge < -0.3 is 29.7 Å². The standard InChI is InChI=1S/C39H37BrClN3O7/c40-29-21-39-33-32(34(29)51-39)38(49)50-30(25-12-6-2-7-13-25)22-42-31(46)14-8-3-9-19-43(27-17-15-26(41)16-18-27)37(48)35(39)44(36(33)47)28(23-45)20-24-10-4-1-5-11-24/h1-7,9-13,15-18,21,28,30,32-35,45H,8,14,19-20,22-23H2,(H,42,46)/b9-3-/t28-,30-,32-,33+,34-,35-,39+/m1/s1. The van der Waals surface area contributed by atoms with E-state index in [1.54, 1.807) is 35.2 Å². The van der Waals surface area contributed by atoms with Crippen LogP contribution in [0.5, 0.6) is 0 Å². The summed E-state index contributed by atoms with van der Waals surface area (Å²) in [4.78, 5) is 60.3. The van der Waals surface area contributed by atoms with Crippen molar-refractivity contribution in [2.45, 2.75) is 49.2 Å². The molecule has 0 aromatic heterocycles. The lowest BCUT2D eigenvalue weighted by Gasteiger charge is -2.38. The van der Waals surface area contributed by atoms with E-state index in [1.807, 2.05) is 72.8 Å². The highest BCUT2D eigenvalue weighted by atomic mass is 79.9. The van der Waals surface area contributed by atoms with Crippen molar-refractivity contribution in [2.24, 2.45) is 11.8 Å². The van der Waals surface area contributed by atoms with Gasteiger partial charge in [0.25, 0.3) is 5.91 Å². The number of fused-ring (bicyclic) bond motifs is 2. The number of cyclic esters (lactones) is 1. The molecule has 0 radical (unpaired) electrons. The van der Waals surface area contributed by atoms with Crippen molar-refractivity contribution in [2.75, 3.05) is 24.6 Å². The molecular weight excluding hydrogens is 738 g/mol. The maximum atomic E-state index is 15.2. The third kappa shape index (κ3) is 6.64. The van der Waals surface area contributed by atoms with Gasteiger partial charge in [0, 0.05) is 28.2 Å². The first-order valence-electron chi connectivity index (χ1n) is 17.0. The van der Waals surface area contributed by atoms with E-state index in [0.29, 0.717) is 27.2 Å². The van der Waals surface area contributed by atoms with Crippen molar-refractivity contribution in [3.8, 4) is 0 Å². The van der Waals surface area contributed by atoms with Crippen molar-refractivity contribution in [1.29, 1.82) is 0 Å². The van der Waals surface area contributed by atoms with Crippen molar-refractivity contribution in [1.82, 2.24) is 10.2 Å². The highest BCUT2D eigenvalue weighted by Crippen LogP contribution is 2.59. The van der Waals surface area contributed by atoms with Crippen LogP contribution < -0.4 is 10.2 Å². The summed E-state index contributed by atoms with van der Waals surface area (Å²) in [6.45, 7) is -0.300.